The van der Waals surface area contributed by atoms with Crippen LogP contribution in [0.15, 0.2) is 30.3 Å². The normalized spacial score (nSPS) is 12.9. The molecular formula is C22H28N6O6. The van der Waals surface area contributed by atoms with Gasteiger partial charge in [-0.1, -0.05) is 0 Å². The van der Waals surface area contributed by atoms with E-state index >= 15 is 0 Å². The van der Waals surface area contributed by atoms with Crippen LogP contribution in [-0.2, 0) is 0 Å². The molecule has 1 aliphatic rings. The Morgan fingerprint density at radius 3 is 2.32 bits per heavy atom. The molecule has 12 heteroatoms. The molecule has 182 valence electrons. The summed E-state index contributed by atoms with van der Waals surface area (Å²) in [5.74, 6) is -0.346. The van der Waals surface area contributed by atoms with E-state index in [1.165, 1.54) is 25.3 Å². The number of anilines is 3. The Kier molecular flexibility index (Phi) is 7.71. The number of carbonyl (C=O) groups excluding carboxylic acids is 1. The van der Waals surface area contributed by atoms with Crippen LogP contribution in [0.1, 0.15) is 23.2 Å². The molecule has 0 atom stereocenters. The fourth-order valence-electron chi connectivity index (χ4n) is 3.87. The van der Waals surface area contributed by atoms with Crippen LogP contribution in [0.4, 0.5) is 28.4 Å². The number of ether oxygens (including phenoxy) is 1. The largest absolute Gasteiger partial charge is 0.496 e. The van der Waals surface area contributed by atoms with Crippen molar-refractivity contribution in [1.82, 2.24) is 5.32 Å². The number of carbonyl (C=O) groups is 1. The lowest BCUT2D eigenvalue weighted by molar-refractivity contribution is -0.384. The zero-order valence-electron chi connectivity index (χ0n) is 19.4. The summed E-state index contributed by atoms with van der Waals surface area (Å²) in [5.41, 5.74) is 1.35. The number of amides is 1. The van der Waals surface area contributed by atoms with Crippen LogP contribution in [0.25, 0.3) is 0 Å². The molecule has 0 unspecified atom stereocenters. The summed E-state index contributed by atoms with van der Waals surface area (Å²) in [5, 5.41) is 28.6. The van der Waals surface area contributed by atoms with Gasteiger partial charge in [0, 0.05) is 64.2 Å². The quantitative estimate of drug-likeness (QED) is 0.303. The second-order valence-electron chi connectivity index (χ2n) is 8.03. The number of nitrogens with zero attached hydrogens (tertiary/aromatic N) is 4. The molecule has 34 heavy (non-hydrogen) atoms. The van der Waals surface area contributed by atoms with Gasteiger partial charge in [0.15, 0.2) is 0 Å². The molecule has 0 aliphatic carbocycles. The van der Waals surface area contributed by atoms with Gasteiger partial charge in [0.05, 0.1) is 22.5 Å². The van der Waals surface area contributed by atoms with Crippen molar-refractivity contribution in [2.45, 2.75) is 12.8 Å². The molecule has 0 bridgehead atoms. The van der Waals surface area contributed by atoms with Crippen molar-refractivity contribution in [1.29, 1.82) is 0 Å². The zero-order chi connectivity index (χ0) is 24.8. The number of benzene rings is 2. The van der Waals surface area contributed by atoms with Crippen molar-refractivity contribution in [3.8, 4) is 5.75 Å². The summed E-state index contributed by atoms with van der Waals surface area (Å²) >= 11 is 0. The fraction of sp³-hybridized carbons (Fsp3) is 0.409. The van der Waals surface area contributed by atoms with E-state index in [4.69, 9.17) is 4.74 Å². The number of nitrogens with one attached hydrogen (secondary N) is 2. The van der Waals surface area contributed by atoms with E-state index in [0.717, 1.165) is 31.6 Å². The maximum atomic E-state index is 12.7. The second kappa shape index (κ2) is 10.7. The van der Waals surface area contributed by atoms with Gasteiger partial charge < -0.3 is 25.2 Å². The minimum Gasteiger partial charge on any atom is -0.496 e. The Morgan fingerprint density at radius 2 is 1.74 bits per heavy atom. The Labute approximate surface area is 196 Å². The molecule has 1 heterocycles. The fourth-order valence-corrected chi connectivity index (χ4v) is 3.87. The van der Waals surface area contributed by atoms with E-state index in [9.17, 15) is 25.0 Å². The van der Waals surface area contributed by atoms with Gasteiger partial charge in [-0.25, -0.2) is 0 Å². The number of hydrogen-bond donors (Lipinski definition) is 2. The van der Waals surface area contributed by atoms with Crippen LogP contribution in [-0.4, -0.2) is 63.1 Å². The first kappa shape index (κ1) is 24.6. The van der Waals surface area contributed by atoms with Crippen LogP contribution in [0.2, 0.25) is 0 Å². The molecule has 1 fully saturated rings. The molecule has 2 aromatic carbocycles. The Balaban J connectivity index is 1.70. The highest BCUT2D eigenvalue weighted by atomic mass is 16.6. The molecule has 0 aromatic heterocycles. The number of nitro groups is 2. The number of hydrogen-bond acceptors (Lipinski definition) is 9. The van der Waals surface area contributed by atoms with Crippen LogP contribution in [0.3, 0.4) is 0 Å². The molecule has 1 amide bonds. The Morgan fingerprint density at radius 1 is 1.06 bits per heavy atom. The van der Waals surface area contributed by atoms with Crippen LogP contribution in [0, 0.1) is 20.2 Å². The van der Waals surface area contributed by atoms with Crippen molar-refractivity contribution in [2.24, 2.45) is 0 Å². The predicted molar refractivity (Wildman–Crippen MR) is 129 cm³/mol. The first-order valence-corrected chi connectivity index (χ1v) is 10.8. The van der Waals surface area contributed by atoms with Gasteiger partial charge >= 0.3 is 0 Å². The molecule has 1 saturated heterocycles. The first-order valence-electron chi connectivity index (χ1n) is 10.8. The van der Waals surface area contributed by atoms with E-state index in [-0.39, 0.29) is 35.8 Å². The van der Waals surface area contributed by atoms with E-state index in [1.54, 1.807) is 31.1 Å². The van der Waals surface area contributed by atoms with Gasteiger partial charge in [-0.05, 0) is 25.0 Å². The molecule has 2 aromatic rings. The second-order valence-corrected chi connectivity index (χ2v) is 8.03. The number of nitro benzene ring substituents is 2. The third kappa shape index (κ3) is 5.45. The molecule has 3 rings (SSSR count). The summed E-state index contributed by atoms with van der Waals surface area (Å²) < 4.78 is 5.27. The molecule has 0 saturated carbocycles. The minimum absolute atomic E-state index is 0.0295. The molecule has 12 nitrogen and oxygen atoms in total. The molecule has 0 radical (unpaired) electrons. The highest BCUT2D eigenvalue weighted by molar-refractivity contribution is 5.98. The molecule has 1 aliphatic heterocycles. The minimum atomic E-state index is -0.556. The van der Waals surface area contributed by atoms with Crippen LogP contribution >= 0.6 is 0 Å². The van der Waals surface area contributed by atoms with Crippen LogP contribution < -0.4 is 25.2 Å². The maximum absolute atomic E-state index is 12.7. The third-order valence-electron chi connectivity index (χ3n) is 5.59. The van der Waals surface area contributed by atoms with E-state index < -0.39 is 15.8 Å². The van der Waals surface area contributed by atoms with Gasteiger partial charge in [0.1, 0.15) is 17.1 Å². The maximum Gasteiger partial charge on any atom is 0.293 e. The summed E-state index contributed by atoms with van der Waals surface area (Å²) in [6.07, 6.45) is 2.17. The highest BCUT2D eigenvalue weighted by Gasteiger charge is 2.24. The standard InChI is InChI=1S/C22H28N6O6/c1-25(2)19-14-21(34-3)16(13-20(19)28(32)33)22(29)24-9-8-23-17-12-15(26-10-4-5-11-26)6-7-18(17)27(30)31/h6-7,12-14,23H,4-5,8-11H2,1-3H3,(H,24,29). The third-order valence-corrected chi connectivity index (χ3v) is 5.59. The van der Waals surface area contributed by atoms with Gasteiger partial charge in [-0.15, -0.1) is 0 Å². The Bertz CT molecular complexity index is 1080. The highest BCUT2D eigenvalue weighted by Crippen LogP contribution is 2.34. The lowest BCUT2D eigenvalue weighted by atomic mass is 10.1. The SMILES string of the molecule is COc1cc(N(C)C)c([N+](=O)[O-])cc1C(=O)NCCNc1cc(N2CCCC2)ccc1[N+](=O)[O-]. The van der Waals surface area contributed by atoms with Gasteiger partial charge in [-0.2, -0.15) is 0 Å². The van der Waals surface area contributed by atoms with Crippen molar-refractivity contribution in [3.63, 3.8) is 0 Å². The van der Waals surface area contributed by atoms with E-state index in [0.29, 0.717) is 11.4 Å². The first-order chi connectivity index (χ1) is 16.2. The summed E-state index contributed by atoms with van der Waals surface area (Å²) in [7, 11) is 4.70. The topological polar surface area (TPSA) is 143 Å². The summed E-state index contributed by atoms with van der Waals surface area (Å²) in [4.78, 5) is 38.3. The molecular weight excluding hydrogens is 444 g/mol. The summed E-state index contributed by atoms with van der Waals surface area (Å²) in [6.45, 7) is 2.17. The average molecular weight is 473 g/mol. The predicted octanol–water partition coefficient (Wildman–Crippen LogP) is 3.02. The van der Waals surface area contributed by atoms with Gasteiger partial charge in [-0.3, -0.25) is 25.0 Å². The molecule has 0 spiro atoms. The van der Waals surface area contributed by atoms with Crippen molar-refractivity contribution >= 4 is 34.3 Å². The van der Waals surface area contributed by atoms with Crippen molar-refractivity contribution in [2.75, 3.05) is 62.5 Å². The number of rotatable bonds is 10. The van der Waals surface area contributed by atoms with Gasteiger partial charge in [0.2, 0.25) is 0 Å². The lowest BCUT2D eigenvalue weighted by Crippen LogP contribution is -2.29. The average Bonchev–Trinajstić information content (AvgIpc) is 3.35. The Hall–Kier alpha value is -4.09. The van der Waals surface area contributed by atoms with E-state index in [2.05, 4.69) is 15.5 Å². The van der Waals surface area contributed by atoms with Crippen LogP contribution in [0.5, 0.6) is 5.75 Å². The van der Waals surface area contributed by atoms with E-state index in [1.807, 2.05) is 0 Å². The smallest absolute Gasteiger partial charge is 0.293 e. The molecule has 2 N–H and O–H groups in total. The monoisotopic (exact) mass is 472 g/mol. The lowest BCUT2D eigenvalue weighted by Gasteiger charge is -2.19. The van der Waals surface area contributed by atoms with Crippen molar-refractivity contribution in [3.05, 3.63) is 56.1 Å². The number of methoxy groups -OCH3 is 1. The van der Waals surface area contributed by atoms with Gasteiger partial charge in [0.25, 0.3) is 17.3 Å². The summed E-state index contributed by atoms with van der Waals surface area (Å²) in [6, 6.07) is 7.59. The van der Waals surface area contributed by atoms with Crippen molar-refractivity contribution < 1.29 is 19.4 Å². The zero-order valence-corrected chi connectivity index (χ0v) is 19.4.